The van der Waals surface area contributed by atoms with Crippen LogP contribution in [0.1, 0.15) is 17.2 Å². The maximum Gasteiger partial charge on any atom is 0.217 e. The number of benzene rings is 2. The van der Waals surface area contributed by atoms with Crippen molar-refractivity contribution >= 4 is 11.9 Å². The second-order valence-electron chi connectivity index (χ2n) is 4.51. The van der Waals surface area contributed by atoms with E-state index in [1.165, 1.54) is 0 Å². The van der Waals surface area contributed by atoms with Crippen LogP contribution in [0.5, 0.6) is 0 Å². The minimum atomic E-state index is -1.26. The van der Waals surface area contributed by atoms with E-state index in [9.17, 15) is 9.90 Å². The number of hydrogen-bond donors (Lipinski definition) is 0. The second-order valence-corrected chi connectivity index (χ2v) is 4.51. The van der Waals surface area contributed by atoms with Crippen LogP contribution < -0.4 is 5.11 Å². The van der Waals surface area contributed by atoms with Gasteiger partial charge in [-0.05, 0) is 17.7 Å². The normalized spacial score (nSPS) is 21.1. The first kappa shape index (κ1) is 12.4. The molecule has 0 aromatic heterocycles. The molecule has 20 heavy (non-hydrogen) atoms. The smallest absolute Gasteiger partial charge is 0.217 e. The lowest BCUT2D eigenvalue weighted by Gasteiger charge is -2.18. The molecular formula is C16H12NO3-. The molecule has 2 aromatic rings. The minimum absolute atomic E-state index is 0.341. The number of carbonyl (C=O) groups is 1. The molecule has 0 saturated carbocycles. The third-order valence-electron chi connectivity index (χ3n) is 3.18. The van der Waals surface area contributed by atoms with Crippen LogP contribution in [0.15, 0.2) is 65.7 Å². The van der Waals surface area contributed by atoms with E-state index < -0.39 is 18.1 Å². The highest BCUT2D eigenvalue weighted by atomic mass is 16.5. The molecule has 3 rings (SSSR count). The molecule has 0 fully saturated rings. The molecule has 4 heteroatoms. The summed E-state index contributed by atoms with van der Waals surface area (Å²) in [5.74, 6) is -0.915. The van der Waals surface area contributed by atoms with Gasteiger partial charge in [0.15, 0.2) is 6.10 Å². The summed E-state index contributed by atoms with van der Waals surface area (Å²) in [6.07, 6.45) is -1.09. The number of carboxylic acids is 1. The first-order chi connectivity index (χ1) is 9.75. The predicted octanol–water partition coefficient (Wildman–Crippen LogP) is 1.32. The Morgan fingerprint density at radius 1 is 1.00 bits per heavy atom. The molecule has 0 amide bonds. The van der Waals surface area contributed by atoms with E-state index in [0.29, 0.717) is 5.90 Å². The Bertz CT molecular complexity index is 637. The average Bonchev–Trinajstić information content (AvgIpc) is 2.94. The van der Waals surface area contributed by atoms with Crippen LogP contribution in [0.25, 0.3) is 0 Å². The van der Waals surface area contributed by atoms with E-state index in [1.807, 2.05) is 60.7 Å². The SMILES string of the molecule is O=C([O-])[C@@H]1OC(c2ccccc2)=N[C@H]1c1ccccc1. The van der Waals surface area contributed by atoms with Gasteiger partial charge in [-0.2, -0.15) is 0 Å². The van der Waals surface area contributed by atoms with Gasteiger partial charge in [0.05, 0.1) is 5.97 Å². The molecule has 0 N–H and O–H groups in total. The van der Waals surface area contributed by atoms with E-state index in [4.69, 9.17) is 4.74 Å². The van der Waals surface area contributed by atoms with Crippen molar-refractivity contribution in [2.75, 3.05) is 0 Å². The monoisotopic (exact) mass is 266 g/mol. The highest BCUT2D eigenvalue weighted by Crippen LogP contribution is 2.30. The summed E-state index contributed by atoms with van der Waals surface area (Å²) in [6.45, 7) is 0. The van der Waals surface area contributed by atoms with Crippen molar-refractivity contribution in [3.63, 3.8) is 0 Å². The van der Waals surface area contributed by atoms with Gasteiger partial charge in [0.25, 0.3) is 0 Å². The van der Waals surface area contributed by atoms with Gasteiger partial charge in [-0.25, -0.2) is 4.99 Å². The Morgan fingerprint density at radius 2 is 1.60 bits per heavy atom. The molecule has 0 bridgehead atoms. The van der Waals surface area contributed by atoms with Gasteiger partial charge in [-0.1, -0.05) is 48.5 Å². The van der Waals surface area contributed by atoms with Crippen molar-refractivity contribution in [3.8, 4) is 0 Å². The summed E-state index contributed by atoms with van der Waals surface area (Å²) in [6, 6.07) is 17.9. The number of aliphatic carboxylic acids is 1. The van der Waals surface area contributed by atoms with E-state index >= 15 is 0 Å². The summed E-state index contributed by atoms with van der Waals surface area (Å²) < 4.78 is 5.46. The molecule has 0 saturated heterocycles. The van der Waals surface area contributed by atoms with Crippen LogP contribution in [0.2, 0.25) is 0 Å². The second kappa shape index (κ2) is 5.17. The number of ether oxygens (including phenoxy) is 1. The van der Waals surface area contributed by atoms with Gasteiger partial charge >= 0.3 is 0 Å². The van der Waals surface area contributed by atoms with Gasteiger partial charge in [0.2, 0.25) is 5.90 Å². The molecule has 0 aliphatic carbocycles. The number of carboxylic acid groups (broad SMARTS) is 1. The standard InChI is InChI=1S/C16H13NO3/c18-16(19)14-13(11-7-3-1-4-8-11)17-15(20-14)12-9-5-2-6-10-12/h1-10,13-14H,(H,18,19)/p-1/t13-,14+/m0/s1. The van der Waals surface area contributed by atoms with E-state index in [-0.39, 0.29) is 0 Å². The zero-order chi connectivity index (χ0) is 13.9. The van der Waals surface area contributed by atoms with Crippen LogP contribution in [0, 0.1) is 0 Å². The zero-order valence-corrected chi connectivity index (χ0v) is 10.6. The number of hydrogen-bond acceptors (Lipinski definition) is 4. The lowest BCUT2D eigenvalue weighted by molar-refractivity contribution is -0.314. The first-order valence-corrected chi connectivity index (χ1v) is 6.31. The lowest BCUT2D eigenvalue weighted by Crippen LogP contribution is -2.39. The molecule has 0 unspecified atom stereocenters. The van der Waals surface area contributed by atoms with Crippen molar-refractivity contribution in [2.45, 2.75) is 12.1 Å². The van der Waals surface area contributed by atoms with Gasteiger partial charge in [0.1, 0.15) is 6.04 Å². The van der Waals surface area contributed by atoms with Gasteiger partial charge in [-0.15, -0.1) is 0 Å². The molecular weight excluding hydrogens is 254 g/mol. The quantitative estimate of drug-likeness (QED) is 0.841. The zero-order valence-electron chi connectivity index (χ0n) is 10.6. The summed E-state index contributed by atoms with van der Waals surface area (Å²) in [7, 11) is 0. The Morgan fingerprint density at radius 3 is 2.20 bits per heavy atom. The molecule has 100 valence electrons. The maximum absolute atomic E-state index is 11.3. The van der Waals surface area contributed by atoms with Crippen LogP contribution in [-0.2, 0) is 9.53 Å². The van der Waals surface area contributed by atoms with E-state index in [0.717, 1.165) is 11.1 Å². The van der Waals surface area contributed by atoms with Crippen LogP contribution in [0.3, 0.4) is 0 Å². The Kier molecular flexibility index (Phi) is 3.21. The van der Waals surface area contributed by atoms with Crippen molar-refractivity contribution in [1.82, 2.24) is 0 Å². The molecule has 2 aromatic carbocycles. The van der Waals surface area contributed by atoms with Crippen molar-refractivity contribution in [3.05, 3.63) is 71.8 Å². The van der Waals surface area contributed by atoms with Crippen LogP contribution in [0.4, 0.5) is 0 Å². The van der Waals surface area contributed by atoms with Crippen LogP contribution in [-0.4, -0.2) is 18.0 Å². The van der Waals surface area contributed by atoms with Gasteiger partial charge in [0, 0.05) is 5.56 Å². The molecule has 0 spiro atoms. The maximum atomic E-state index is 11.3. The van der Waals surface area contributed by atoms with E-state index in [2.05, 4.69) is 4.99 Å². The summed E-state index contributed by atoms with van der Waals surface area (Å²) >= 11 is 0. The minimum Gasteiger partial charge on any atom is -0.546 e. The third kappa shape index (κ3) is 2.28. The molecule has 2 atom stereocenters. The summed E-state index contributed by atoms with van der Waals surface area (Å²) in [5, 5.41) is 11.3. The Hall–Kier alpha value is -2.62. The average molecular weight is 266 g/mol. The fourth-order valence-corrected chi connectivity index (χ4v) is 2.21. The number of carbonyl (C=O) groups excluding carboxylic acids is 1. The molecule has 1 aliphatic heterocycles. The highest BCUT2D eigenvalue weighted by Gasteiger charge is 2.33. The molecule has 0 radical (unpaired) electrons. The Balaban J connectivity index is 1.98. The van der Waals surface area contributed by atoms with Crippen molar-refractivity contribution < 1.29 is 14.6 Å². The van der Waals surface area contributed by atoms with Crippen molar-refractivity contribution in [2.24, 2.45) is 4.99 Å². The topological polar surface area (TPSA) is 61.7 Å². The van der Waals surface area contributed by atoms with Crippen LogP contribution >= 0.6 is 0 Å². The van der Waals surface area contributed by atoms with Gasteiger partial charge < -0.3 is 14.6 Å². The first-order valence-electron chi connectivity index (χ1n) is 6.31. The largest absolute Gasteiger partial charge is 0.546 e. The number of nitrogens with zero attached hydrogens (tertiary/aromatic N) is 1. The highest BCUT2D eigenvalue weighted by molar-refractivity contribution is 5.97. The molecule has 1 aliphatic rings. The molecule has 1 heterocycles. The fraction of sp³-hybridized carbons (Fsp3) is 0.125. The fourth-order valence-electron chi connectivity index (χ4n) is 2.21. The summed E-state index contributed by atoms with van der Waals surface area (Å²) in [5.41, 5.74) is 1.56. The predicted molar refractivity (Wildman–Crippen MR) is 72.0 cm³/mol. The van der Waals surface area contributed by atoms with Crippen molar-refractivity contribution in [1.29, 1.82) is 0 Å². The molecule has 4 nitrogen and oxygen atoms in total. The van der Waals surface area contributed by atoms with Gasteiger partial charge in [-0.3, -0.25) is 0 Å². The number of aliphatic imine (C=N–C) groups is 1. The Labute approximate surface area is 116 Å². The van der Waals surface area contributed by atoms with E-state index in [1.54, 1.807) is 0 Å². The lowest BCUT2D eigenvalue weighted by atomic mass is 10.0. The third-order valence-corrected chi connectivity index (χ3v) is 3.18. The number of rotatable bonds is 3. The summed E-state index contributed by atoms with van der Waals surface area (Å²) in [4.78, 5) is 15.7.